The zero-order chi connectivity index (χ0) is 15.9. The second-order valence-electron chi connectivity index (χ2n) is 5.17. The standard InChI is InChI=1S/C16H16ClN3O2/c1-9-10(2)22-13(19-9)8-18-16(21)15-14(17)11-6-4-5-7-12(11)20(15)3/h4-7H,8H2,1-3H3,(H,18,21). The van der Waals surface area contributed by atoms with Crippen LogP contribution >= 0.6 is 11.6 Å². The van der Waals surface area contributed by atoms with Gasteiger partial charge >= 0.3 is 0 Å². The summed E-state index contributed by atoms with van der Waals surface area (Å²) in [6, 6.07) is 7.64. The molecule has 114 valence electrons. The molecule has 0 aliphatic carbocycles. The van der Waals surface area contributed by atoms with Crippen LogP contribution in [0.4, 0.5) is 0 Å². The van der Waals surface area contributed by atoms with Crippen LogP contribution in [0.3, 0.4) is 0 Å². The first-order valence-electron chi connectivity index (χ1n) is 6.93. The van der Waals surface area contributed by atoms with Crippen molar-refractivity contribution in [2.24, 2.45) is 7.05 Å². The van der Waals surface area contributed by atoms with Crippen LogP contribution in [-0.2, 0) is 13.6 Å². The highest BCUT2D eigenvalue weighted by atomic mass is 35.5. The molecule has 5 nitrogen and oxygen atoms in total. The van der Waals surface area contributed by atoms with Gasteiger partial charge in [-0.2, -0.15) is 0 Å². The minimum Gasteiger partial charge on any atom is -0.444 e. The number of carbonyl (C=O) groups excluding carboxylic acids is 1. The molecule has 0 radical (unpaired) electrons. The lowest BCUT2D eigenvalue weighted by molar-refractivity contribution is 0.0939. The molecule has 1 amide bonds. The normalized spacial score (nSPS) is 11.1. The molecule has 0 fully saturated rings. The molecular formula is C16H16ClN3O2. The lowest BCUT2D eigenvalue weighted by Gasteiger charge is -2.05. The molecule has 22 heavy (non-hydrogen) atoms. The van der Waals surface area contributed by atoms with E-state index in [1.165, 1.54) is 0 Å². The predicted octanol–water partition coefficient (Wildman–Crippen LogP) is 3.37. The van der Waals surface area contributed by atoms with Crippen LogP contribution in [0.2, 0.25) is 5.02 Å². The van der Waals surface area contributed by atoms with E-state index in [9.17, 15) is 4.79 Å². The molecule has 0 atom stereocenters. The molecule has 3 rings (SSSR count). The highest BCUT2D eigenvalue weighted by Gasteiger charge is 2.20. The Labute approximate surface area is 132 Å². The van der Waals surface area contributed by atoms with E-state index >= 15 is 0 Å². The summed E-state index contributed by atoms with van der Waals surface area (Å²) >= 11 is 6.35. The number of aryl methyl sites for hydroxylation is 3. The van der Waals surface area contributed by atoms with Crippen molar-refractivity contribution in [1.82, 2.24) is 14.9 Å². The number of benzene rings is 1. The van der Waals surface area contributed by atoms with Crippen molar-refractivity contribution in [2.45, 2.75) is 20.4 Å². The number of hydrogen-bond acceptors (Lipinski definition) is 3. The van der Waals surface area contributed by atoms with Gasteiger partial charge in [-0.1, -0.05) is 29.8 Å². The van der Waals surface area contributed by atoms with Crippen molar-refractivity contribution in [3.05, 3.63) is 52.3 Å². The van der Waals surface area contributed by atoms with Crippen LogP contribution < -0.4 is 5.32 Å². The fourth-order valence-electron chi connectivity index (χ4n) is 2.45. The Hall–Kier alpha value is -2.27. The van der Waals surface area contributed by atoms with Gasteiger partial charge in [-0.25, -0.2) is 4.98 Å². The summed E-state index contributed by atoms with van der Waals surface area (Å²) in [5, 5.41) is 4.11. The summed E-state index contributed by atoms with van der Waals surface area (Å²) in [6.07, 6.45) is 0. The number of oxazole rings is 1. The van der Waals surface area contributed by atoms with E-state index < -0.39 is 0 Å². The molecule has 0 saturated carbocycles. The molecule has 0 aliphatic heterocycles. The molecule has 3 aromatic rings. The van der Waals surface area contributed by atoms with E-state index in [4.69, 9.17) is 16.0 Å². The molecule has 0 saturated heterocycles. The highest BCUT2D eigenvalue weighted by molar-refractivity contribution is 6.38. The van der Waals surface area contributed by atoms with E-state index in [0.29, 0.717) is 16.6 Å². The fourth-order valence-corrected chi connectivity index (χ4v) is 2.83. The van der Waals surface area contributed by atoms with Gasteiger partial charge in [0, 0.05) is 18.0 Å². The predicted molar refractivity (Wildman–Crippen MR) is 85.1 cm³/mol. The van der Waals surface area contributed by atoms with E-state index in [1.54, 1.807) is 4.57 Å². The van der Waals surface area contributed by atoms with Crippen LogP contribution in [0.5, 0.6) is 0 Å². The molecule has 2 aromatic heterocycles. The van der Waals surface area contributed by atoms with Gasteiger partial charge in [0.05, 0.1) is 17.3 Å². The first kappa shape index (κ1) is 14.7. The van der Waals surface area contributed by atoms with Crippen molar-refractivity contribution in [3.8, 4) is 0 Å². The number of halogens is 1. The number of rotatable bonds is 3. The van der Waals surface area contributed by atoms with Gasteiger partial charge in [-0.15, -0.1) is 0 Å². The van der Waals surface area contributed by atoms with Gasteiger partial charge in [0.15, 0.2) is 0 Å². The Kier molecular flexibility index (Phi) is 3.66. The Bertz CT molecular complexity index is 805. The minimum absolute atomic E-state index is 0.228. The zero-order valence-corrected chi connectivity index (χ0v) is 13.4. The number of aromatic nitrogens is 2. The van der Waals surface area contributed by atoms with Gasteiger partial charge < -0.3 is 14.3 Å². The average molecular weight is 318 g/mol. The molecule has 0 spiro atoms. The number of nitrogens with one attached hydrogen (secondary N) is 1. The number of fused-ring (bicyclic) bond motifs is 1. The van der Waals surface area contributed by atoms with Gasteiger partial charge in [0.2, 0.25) is 5.89 Å². The van der Waals surface area contributed by atoms with E-state index in [0.717, 1.165) is 22.4 Å². The summed E-state index contributed by atoms with van der Waals surface area (Å²) in [6.45, 7) is 3.94. The van der Waals surface area contributed by atoms with E-state index in [1.807, 2.05) is 45.2 Å². The topological polar surface area (TPSA) is 60.1 Å². The number of hydrogen-bond donors (Lipinski definition) is 1. The van der Waals surface area contributed by atoms with Crippen LogP contribution in [-0.4, -0.2) is 15.5 Å². The van der Waals surface area contributed by atoms with E-state index in [2.05, 4.69) is 10.3 Å². The number of amides is 1. The average Bonchev–Trinajstić information content (AvgIpc) is 2.95. The van der Waals surface area contributed by atoms with Crippen molar-refractivity contribution < 1.29 is 9.21 Å². The lowest BCUT2D eigenvalue weighted by Crippen LogP contribution is -2.25. The first-order chi connectivity index (χ1) is 10.5. The smallest absolute Gasteiger partial charge is 0.269 e. The Balaban J connectivity index is 1.86. The van der Waals surface area contributed by atoms with Crippen molar-refractivity contribution >= 4 is 28.4 Å². The van der Waals surface area contributed by atoms with Gasteiger partial charge in [0.1, 0.15) is 11.5 Å². The largest absolute Gasteiger partial charge is 0.444 e. The molecule has 0 unspecified atom stereocenters. The summed E-state index contributed by atoms with van der Waals surface area (Å²) in [7, 11) is 1.82. The Morgan fingerprint density at radius 2 is 2.09 bits per heavy atom. The first-order valence-corrected chi connectivity index (χ1v) is 7.31. The van der Waals surface area contributed by atoms with Gasteiger partial charge in [-0.05, 0) is 19.9 Å². The second-order valence-corrected chi connectivity index (χ2v) is 5.55. The minimum atomic E-state index is -0.253. The SMILES string of the molecule is Cc1nc(CNC(=O)c2c(Cl)c3ccccc3n2C)oc1C. The molecule has 1 N–H and O–H groups in total. The summed E-state index contributed by atoms with van der Waals surface area (Å²) in [4.78, 5) is 16.7. The zero-order valence-electron chi connectivity index (χ0n) is 12.6. The maximum atomic E-state index is 12.4. The van der Waals surface area contributed by atoms with Crippen molar-refractivity contribution in [1.29, 1.82) is 0 Å². The van der Waals surface area contributed by atoms with Crippen molar-refractivity contribution in [2.75, 3.05) is 0 Å². The highest BCUT2D eigenvalue weighted by Crippen LogP contribution is 2.29. The van der Waals surface area contributed by atoms with Crippen LogP contribution in [0.25, 0.3) is 10.9 Å². The van der Waals surface area contributed by atoms with Crippen LogP contribution in [0, 0.1) is 13.8 Å². The Morgan fingerprint density at radius 3 is 2.73 bits per heavy atom. The number of para-hydroxylation sites is 1. The summed E-state index contributed by atoms with van der Waals surface area (Å²) in [5.74, 6) is 0.988. The maximum absolute atomic E-state index is 12.4. The fraction of sp³-hybridized carbons (Fsp3) is 0.250. The quantitative estimate of drug-likeness (QED) is 0.805. The summed E-state index contributed by atoms with van der Waals surface area (Å²) < 4.78 is 7.25. The van der Waals surface area contributed by atoms with Crippen LogP contribution in [0.1, 0.15) is 27.8 Å². The number of nitrogens with zero attached hydrogens (tertiary/aromatic N) is 2. The Morgan fingerprint density at radius 1 is 1.36 bits per heavy atom. The molecular weight excluding hydrogens is 302 g/mol. The van der Waals surface area contributed by atoms with E-state index in [-0.39, 0.29) is 12.5 Å². The maximum Gasteiger partial charge on any atom is 0.269 e. The molecule has 1 aromatic carbocycles. The molecule has 0 aliphatic rings. The second kappa shape index (κ2) is 5.50. The third kappa shape index (κ3) is 2.37. The third-order valence-corrected chi connectivity index (χ3v) is 4.12. The van der Waals surface area contributed by atoms with Crippen molar-refractivity contribution in [3.63, 3.8) is 0 Å². The molecule has 2 heterocycles. The monoisotopic (exact) mass is 317 g/mol. The van der Waals surface area contributed by atoms with Gasteiger partial charge in [0.25, 0.3) is 5.91 Å². The van der Waals surface area contributed by atoms with Gasteiger partial charge in [-0.3, -0.25) is 4.79 Å². The molecule has 6 heteroatoms. The number of carbonyl (C=O) groups is 1. The van der Waals surface area contributed by atoms with Crippen LogP contribution in [0.15, 0.2) is 28.7 Å². The third-order valence-electron chi connectivity index (χ3n) is 3.73. The summed E-state index contributed by atoms with van der Waals surface area (Å²) in [5.41, 5.74) is 2.18. The molecule has 0 bridgehead atoms. The lowest BCUT2D eigenvalue weighted by atomic mass is 10.2.